The van der Waals surface area contributed by atoms with Crippen molar-refractivity contribution in [3.05, 3.63) is 23.8 Å². The minimum Gasteiger partial charge on any atom is -0.399 e. The van der Waals surface area contributed by atoms with E-state index in [1.165, 1.54) is 23.1 Å². The lowest BCUT2D eigenvalue weighted by atomic mass is 10.1. The standard InChI is InChI=1S/C12H17F2N3O2/c1-17(2)11(19)9-4-3-8(15)5-10(9)16-6-12(13,14)7-18/h3-5,16,18H,6-7,15H2,1-2H3. The Morgan fingerprint density at radius 3 is 2.63 bits per heavy atom. The number of aliphatic hydroxyl groups is 1. The van der Waals surface area contributed by atoms with Crippen molar-refractivity contribution in [2.75, 3.05) is 38.3 Å². The average Bonchev–Trinajstić information content (AvgIpc) is 2.35. The van der Waals surface area contributed by atoms with Crippen molar-refractivity contribution in [2.45, 2.75) is 5.92 Å². The molecule has 1 aromatic rings. The van der Waals surface area contributed by atoms with E-state index in [0.717, 1.165) is 0 Å². The topological polar surface area (TPSA) is 78.6 Å². The van der Waals surface area contributed by atoms with E-state index in [4.69, 9.17) is 10.8 Å². The molecule has 0 bridgehead atoms. The number of hydrogen-bond donors (Lipinski definition) is 3. The van der Waals surface area contributed by atoms with Crippen LogP contribution in [0.15, 0.2) is 18.2 Å². The largest absolute Gasteiger partial charge is 0.399 e. The number of nitrogens with two attached hydrogens (primary N) is 1. The molecule has 0 saturated heterocycles. The van der Waals surface area contributed by atoms with E-state index in [2.05, 4.69) is 5.32 Å². The van der Waals surface area contributed by atoms with E-state index < -0.39 is 19.1 Å². The smallest absolute Gasteiger partial charge is 0.287 e. The highest BCUT2D eigenvalue weighted by atomic mass is 19.3. The summed E-state index contributed by atoms with van der Waals surface area (Å²) in [7, 11) is 3.12. The van der Waals surface area contributed by atoms with Crippen LogP contribution in [0, 0.1) is 0 Å². The average molecular weight is 273 g/mol. The fraction of sp³-hybridized carbons (Fsp3) is 0.417. The van der Waals surface area contributed by atoms with E-state index in [9.17, 15) is 13.6 Å². The molecular formula is C12H17F2N3O2. The second kappa shape index (κ2) is 5.83. The second-order valence-electron chi connectivity index (χ2n) is 4.37. The molecule has 5 nitrogen and oxygen atoms in total. The van der Waals surface area contributed by atoms with Gasteiger partial charge in [0.15, 0.2) is 0 Å². The molecular weight excluding hydrogens is 256 g/mol. The number of amides is 1. The molecule has 0 fully saturated rings. The quantitative estimate of drug-likeness (QED) is 0.700. The first-order valence-corrected chi connectivity index (χ1v) is 5.60. The third kappa shape index (κ3) is 4.06. The Balaban J connectivity index is 2.98. The molecule has 0 saturated carbocycles. The van der Waals surface area contributed by atoms with E-state index in [1.807, 2.05) is 0 Å². The van der Waals surface area contributed by atoms with Crippen molar-refractivity contribution < 1.29 is 18.7 Å². The van der Waals surface area contributed by atoms with Gasteiger partial charge < -0.3 is 21.1 Å². The number of carbonyl (C=O) groups excluding carboxylic acids is 1. The fourth-order valence-electron chi connectivity index (χ4n) is 1.42. The van der Waals surface area contributed by atoms with E-state index in [0.29, 0.717) is 5.69 Å². The summed E-state index contributed by atoms with van der Waals surface area (Å²) < 4.78 is 26.0. The highest BCUT2D eigenvalue weighted by Gasteiger charge is 2.28. The maximum absolute atomic E-state index is 13.0. The number of nitrogens with one attached hydrogen (secondary N) is 1. The number of nitrogen functional groups attached to an aromatic ring is 1. The normalized spacial score (nSPS) is 11.2. The Morgan fingerprint density at radius 1 is 1.47 bits per heavy atom. The third-order valence-corrected chi connectivity index (χ3v) is 2.45. The van der Waals surface area contributed by atoms with E-state index in [1.54, 1.807) is 14.1 Å². The van der Waals surface area contributed by atoms with Gasteiger partial charge in [-0.2, -0.15) is 0 Å². The molecule has 0 spiro atoms. The molecule has 106 valence electrons. The molecule has 0 atom stereocenters. The van der Waals surface area contributed by atoms with Gasteiger partial charge in [-0.1, -0.05) is 0 Å². The molecule has 19 heavy (non-hydrogen) atoms. The van der Waals surface area contributed by atoms with Crippen LogP contribution in [0.4, 0.5) is 20.2 Å². The van der Waals surface area contributed by atoms with Gasteiger partial charge in [0.1, 0.15) is 6.61 Å². The van der Waals surface area contributed by atoms with Crippen molar-refractivity contribution in [2.24, 2.45) is 0 Å². The fourth-order valence-corrected chi connectivity index (χ4v) is 1.42. The Bertz CT molecular complexity index is 464. The monoisotopic (exact) mass is 273 g/mol. The summed E-state index contributed by atoms with van der Waals surface area (Å²) in [6.45, 7) is -2.04. The van der Waals surface area contributed by atoms with Crippen molar-refractivity contribution in [1.82, 2.24) is 4.90 Å². The first-order chi connectivity index (χ1) is 8.76. The number of anilines is 2. The number of carbonyl (C=O) groups is 1. The van der Waals surface area contributed by atoms with Crippen molar-refractivity contribution in [1.29, 1.82) is 0 Å². The van der Waals surface area contributed by atoms with Gasteiger partial charge >= 0.3 is 0 Å². The zero-order valence-corrected chi connectivity index (χ0v) is 10.8. The van der Waals surface area contributed by atoms with Gasteiger partial charge in [-0.25, -0.2) is 8.78 Å². The Hall–Kier alpha value is -1.89. The molecule has 0 aromatic heterocycles. The summed E-state index contributed by atoms with van der Waals surface area (Å²) in [5.41, 5.74) is 6.38. The summed E-state index contributed by atoms with van der Waals surface area (Å²) in [6, 6.07) is 4.40. The molecule has 0 heterocycles. The van der Waals surface area contributed by atoms with Crippen LogP contribution < -0.4 is 11.1 Å². The SMILES string of the molecule is CN(C)C(=O)c1ccc(N)cc1NCC(F)(F)CO. The van der Waals surface area contributed by atoms with Crippen molar-refractivity contribution >= 4 is 17.3 Å². The van der Waals surface area contributed by atoms with E-state index in [-0.39, 0.29) is 17.2 Å². The van der Waals surface area contributed by atoms with Gasteiger partial charge in [0, 0.05) is 25.5 Å². The molecule has 0 aliphatic rings. The van der Waals surface area contributed by atoms with Crippen LogP contribution in [0.5, 0.6) is 0 Å². The van der Waals surface area contributed by atoms with Crippen LogP contribution in [0.25, 0.3) is 0 Å². The zero-order valence-electron chi connectivity index (χ0n) is 10.8. The number of hydrogen-bond acceptors (Lipinski definition) is 4. The number of alkyl halides is 2. The summed E-state index contributed by atoms with van der Waals surface area (Å²) >= 11 is 0. The van der Waals surface area contributed by atoms with Crippen molar-refractivity contribution in [3.63, 3.8) is 0 Å². The minimum absolute atomic E-state index is 0.215. The van der Waals surface area contributed by atoms with Crippen LogP contribution in [-0.4, -0.2) is 49.1 Å². The van der Waals surface area contributed by atoms with Crippen molar-refractivity contribution in [3.8, 4) is 0 Å². The van der Waals surface area contributed by atoms with Crippen LogP contribution in [0.3, 0.4) is 0 Å². The predicted molar refractivity (Wildman–Crippen MR) is 69.4 cm³/mol. The van der Waals surface area contributed by atoms with Gasteiger partial charge in [0.2, 0.25) is 0 Å². The molecule has 0 aliphatic heterocycles. The van der Waals surface area contributed by atoms with Crippen LogP contribution in [-0.2, 0) is 0 Å². The molecule has 1 rings (SSSR count). The predicted octanol–water partition coefficient (Wildman–Crippen LogP) is 1.01. The number of aliphatic hydroxyl groups excluding tert-OH is 1. The third-order valence-electron chi connectivity index (χ3n) is 2.45. The number of benzene rings is 1. The summed E-state index contributed by atoms with van der Waals surface area (Å²) in [5.74, 6) is -3.59. The molecule has 7 heteroatoms. The maximum Gasteiger partial charge on any atom is 0.287 e. The van der Waals surface area contributed by atoms with Crippen LogP contribution in [0.1, 0.15) is 10.4 Å². The summed E-state index contributed by atoms with van der Waals surface area (Å²) in [5, 5.41) is 10.9. The molecule has 0 aliphatic carbocycles. The summed E-state index contributed by atoms with van der Waals surface area (Å²) in [6.07, 6.45) is 0. The Morgan fingerprint density at radius 2 is 2.11 bits per heavy atom. The van der Waals surface area contributed by atoms with Crippen LogP contribution >= 0.6 is 0 Å². The molecule has 4 N–H and O–H groups in total. The lowest BCUT2D eigenvalue weighted by Gasteiger charge is -2.19. The van der Waals surface area contributed by atoms with Gasteiger partial charge in [-0.3, -0.25) is 4.79 Å². The molecule has 1 amide bonds. The lowest BCUT2D eigenvalue weighted by Crippen LogP contribution is -2.32. The first-order valence-electron chi connectivity index (χ1n) is 5.60. The second-order valence-corrected chi connectivity index (χ2v) is 4.37. The highest BCUT2D eigenvalue weighted by molar-refractivity contribution is 6.00. The zero-order chi connectivity index (χ0) is 14.6. The number of nitrogens with zero attached hydrogens (tertiary/aromatic N) is 1. The summed E-state index contributed by atoms with van der Waals surface area (Å²) in [4.78, 5) is 13.2. The Kier molecular flexibility index (Phi) is 4.66. The van der Waals surface area contributed by atoms with Gasteiger partial charge in [0.05, 0.1) is 12.1 Å². The number of rotatable bonds is 5. The van der Waals surface area contributed by atoms with Gasteiger partial charge in [-0.05, 0) is 18.2 Å². The molecule has 0 unspecified atom stereocenters. The van der Waals surface area contributed by atoms with Gasteiger partial charge in [0.25, 0.3) is 11.8 Å². The highest BCUT2D eigenvalue weighted by Crippen LogP contribution is 2.22. The van der Waals surface area contributed by atoms with Gasteiger partial charge in [-0.15, -0.1) is 0 Å². The minimum atomic E-state index is -3.26. The first kappa shape index (κ1) is 15.2. The number of halogens is 2. The van der Waals surface area contributed by atoms with Crippen LogP contribution in [0.2, 0.25) is 0 Å². The lowest BCUT2D eigenvalue weighted by molar-refractivity contribution is -0.0373. The molecule has 1 aromatic carbocycles. The Labute approximate surface area is 110 Å². The maximum atomic E-state index is 13.0. The molecule has 0 radical (unpaired) electrons. The van der Waals surface area contributed by atoms with E-state index >= 15 is 0 Å².